The van der Waals surface area contributed by atoms with Gasteiger partial charge in [0.15, 0.2) is 0 Å². The van der Waals surface area contributed by atoms with Crippen molar-refractivity contribution in [1.29, 1.82) is 0 Å². The first-order chi connectivity index (χ1) is 9.91. The predicted octanol–water partition coefficient (Wildman–Crippen LogP) is 4.97. The van der Waals surface area contributed by atoms with Gasteiger partial charge in [-0.05, 0) is 36.7 Å². The minimum Gasteiger partial charge on any atom is -0.313 e. The zero-order valence-corrected chi connectivity index (χ0v) is 13.0. The highest BCUT2D eigenvalue weighted by Gasteiger charge is 2.33. The SMILES string of the molecule is CNC(Cc1ccccc1)c1ccc(Br)c(C(F)(F)F)c1. The van der Waals surface area contributed by atoms with Crippen molar-refractivity contribution in [1.82, 2.24) is 5.32 Å². The predicted molar refractivity (Wildman–Crippen MR) is 81.1 cm³/mol. The maximum atomic E-state index is 13.0. The van der Waals surface area contributed by atoms with Crippen LogP contribution in [0, 0.1) is 0 Å². The molecule has 0 aliphatic heterocycles. The smallest absolute Gasteiger partial charge is 0.313 e. The summed E-state index contributed by atoms with van der Waals surface area (Å²) in [5, 5.41) is 3.08. The minimum absolute atomic E-state index is 0.0633. The van der Waals surface area contributed by atoms with E-state index in [0.717, 1.165) is 5.56 Å². The Labute approximate surface area is 130 Å². The lowest BCUT2D eigenvalue weighted by Crippen LogP contribution is -2.19. The van der Waals surface area contributed by atoms with Crippen molar-refractivity contribution in [3.05, 3.63) is 69.7 Å². The highest BCUT2D eigenvalue weighted by molar-refractivity contribution is 9.10. The number of likely N-dealkylation sites (N-methyl/N-ethyl adjacent to an activating group) is 1. The Morgan fingerprint density at radius 3 is 2.33 bits per heavy atom. The third-order valence-electron chi connectivity index (χ3n) is 3.33. The average molecular weight is 358 g/mol. The van der Waals surface area contributed by atoms with Crippen molar-refractivity contribution in [2.45, 2.75) is 18.6 Å². The van der Waals surface area contributed by atoms with E-state index in [4.69, 9.17) is 0 Å². The molecular formula is C16H15BrF3N. The van der Waals surface area contributed by atoms with Crippen LogP contribution in [-0.2, 0) is 12.6 Å². The molecule has 0 spiro atoms. The number of alkyl halides is 3. The van der Waals surface area contributed by atoms with Gasteiger partial charge in [0.1, 0.15) is 0 Å². The zero-order valence-electron chi connectivity index (χ0n) is 11.4. The molecular weight excluding hydrogens is 343 g/mol. The average Bonchev–Trinajstić information content (AvgIpc) is 2.45. The Morgan fingerprint density at radius 2 is 1.76 bits per heavy atom. The number of benzene rings is 2. The van der Waals surface area contributed by atoms with Crippen molar-refractivity contribution in [3.63, 3.8) is 0 Å². The fraction of sp³-hybridized carbons (Fsp3) is 0.250. The van der Waals surface area contributed by atoms with E-state index in [1.807, 2.05) is 30.3 Å². The van der Waals surface area contributed by atoms with Gasteiger partial charge in [-0.15, -0.1) is 0 Å². The lowest BCUT2D eigenvalue weighted by molar-refractivity contribution is -0.138. The Balaban J connectivity index is 2.30. The van der Waals surface area contributed by atoms with Crippen LogP contribution in [0.4, 0.5) is 13.2 Å². The van der Waals surface area contributed by atoms with Crippen LogP contribution in [0.15, 0.2) is 53.0 Å². The van der Waals surface area contributed by atoms with Crippen LogP contribution in [0.3, 0.4) is 0 Å². The van der Waals surface area contributed by atoms with E-state index in [-0.39, 0.29) is 10.5 Å². The van der Waals surface area contributed by atoms with Gasteiger partial charge >= 0.3 is 6.18 Å². The van der Waals surface area contributed by atoms with Crippen LogP contribution in [-0.4, -0.2) is 7.05 Å². The Morgan fingerprint density at radius 1 is 1.10 bits per heavy atom. The van der Waals surface area contributed by atoms with Gasteiger partial charge in [-0.3, -0.25) is 0 Å². The summed E-state index contributed by atoms with van der Waals surface area (Å²) in [6.45, 7) is 0. The molecule has 0 bridgehead atoms. The van der Waals surface area contributed by atoms with E-state index in [0.29, 0.717) is 12.0 Å². The number of nitrogens with one attached hydrogen (secondary N) is 1. The second-order valence-corrected chi connectivity index (χ2v) is 5.62. The molecule has 1 N–H and O–H groups in total. The Bertz CT molecular complexity index is 596. The third kappa shape index (κ3) is 4.08. The molecule has 0 heterocycles. The van der Waals surface area contributed by atoms with Crippen LogP contribution in [0.25, 0.3) is 0 Å². The Hall–Kier alpha value is -1.33. The molecule has 112 valence electrons. The molecule has 0 saturated heterocycles. The molecule has 1 atom stereocenters. The van der Waals surface area contributed by atoms with E-state index in [1.165, 1.54) is 12.1 Å². The van der Waals surface area contributed by atoms with Gasteiger partial charge in [0.25, 0.3) is 0 Å². The van der Waals surface area contributed by atoms with Crippen LogP contribution in [0.2, 0.25) is 0 Å². The van der Waals surface area contributed by atoms with E-state index >= 15 is 0 Å². The summed E-state index contributed by atoms with van der Waals surface area (Å²) in [7, 11) is 1.75. The van der Waals surface area contributed by atoms with Gasteiger partial charge in [0.2, 0.25) is 0 Å². The molecule has 2 rings (SSSR count). The normalized spacial score (nSPS) is 13.2. The molecule has 0 fully saturated rings. The molecule has 0 aromatic heterocycles. The molecule has 2 aromatic rings. The number of rotatable bonds is 4. The lowest BCUT2D eigenvalue weighted by atomic mass is 9.97. The van der Waals surface area contributed by atoms with E-state index < -0.39 is 11.7 Å². The molecule has 0 aliphatic carbocycles. The first-order valence-corrected chi connectivity index (χ1v) is 7.29. The summed E-state index contributed by atoms with van der Waals surface area (Å²) < 4.78 is 39.0. The van der Waals surface area contributed by atoms with Crippen LogP contribution in [0.1, 0.15) is 22.7 Å². The van der Waals surface area contributed by atoms with Crippen molar-refractivity contribution in [2.24, 2.45) is 0 Å². The number of halogens is 4. The number of hydrogen-bond acceptors (Lipinski definition) is 1. The van der Waals surface area contributed by atoms with Gasteiger partial charge in [-0.1, -0.05) is 52.3 Å². The maximum absolute atomic E-state index is 13.0. The molecule has 0 aliphatic rings. The van der Waals surface area contributed by atoms with Crippen LogP contribution >= 0.6 is 15.9 Å². The second-order valence-electron chi connectivity index (χ2n) is 4.77. The molecule has 2 aromatic carbocycles. The summed E-state index contributed by atoms with van der Waals surface area (Å²) in [5.41, 5.74) is 1.05. The first-order valence-electron chi connectivity index (χ1n) is 6.49. The fourth-order valence-electron chi connectivity index (χ4n) is 2.21. The molecule has 21 heavy (non-hydrogen) atoms. The largest absolute Gasteiger partial charge is 0.417 e. The molecule has 1 nitrogen and oxygen atoms in total. The van der Waals surface area contributed by atoms with Crippen LogP contribution < -0.4 is 5.32 Å². The zero-order chi connectivity index (χ0) is 15.5. The minimum atomic E-state index is -4.36. The third-order valence-corrected chi connectivity index (χ3v) is 4.02. The maximum Gasteiger partial charge on any atom is 0.417 e. The topological polar surface area (TPSA) is 12.0 Å². The van der Waals surface area contributed by atoms with E-state index in [2.05, 4.69) is 21.2 Å². The van der Waals surface area contributed by atoms with Gasteiger partial charge in [0, 0.05) is 10.5 Å². The van der Waals surface area contributed by atoms with Gasteiger partial charge < -0.3 is 5.32 Å². The van der Waals surface area contributed by atoms with E-state index in [9.17, 15) is 13.2 Å². The summed E-state index contributed by atoms with van der Waals surface area (Å²) in [5.74, 6) is 0. The van der Waals surface area contributed by atoms with Crippen molar-refractivity contribution in [2.75, 3.05) is 7.05 Å². The molecule has 0 saturated carbocycles. The fourth-order valence-corrected chi connectivity index (χ4v) is 2.68. The van der Waals surface area contributed by atoms with E-state index in [1.54, 1.807) is 13.1 Å². The quantitative estimate of drug-likeness (QED) is 0.814. The second kappa shape index (κ2) is 6.62. The summed E-state index contributed by atoms with van der Waals surface area (Å²) in [4.78, 5) is 0. The van der Waals surface area contributed by atoms with Crippen LogP contribution in [0.5, 0.6) is 0 Å². The summed E-state index contributed by atoms with van der Waals surface area (Å²) in [6.07, 6.45) is -3.73. The van der Waals surface area contributed by atoms with Gasteiger partial charge in [-0.2, -0.15) is 13.2 Å². The molecule has 0 radical (unpaired) electrons. The molecule has 0 amide bonds. The number of hydrogen-bond donors (Lipinski definition) is 1. The first kappa shape index (κ1) is 16.0. The van der Waals surface area contributed by atoms with Crippen molar-refractivity contribution >= 4 is 15.9 Å². The monoisotopic (exact) mass is 357 g/mol. The van der Waals surface area contributed by atoms with Crippen molar-refractivity contribution in [3.8, 4) is 0 Å². The van der Waals surface area contributed by atoms with Crippen molar-refractivity contribution < 1.29 is 13.2 Å². The molecule has 1 unspecified atom stereocenters. The molecule has 5 heteroatoms. The van der Waals surface area contributed by atoms with Gasteiger partial charge in [-0.25, -0.2) is 0 Å². The lowest BCUT2D eigenvalue weighted by Gasteiger charge is -2.19. The highest BCUT2D eigenvalue weighted by Crippen LogP contribution is 2.36. The summed E-state index contributed by atoms with van der Waals surface area (Å²) in [6, 6.07) is 13.9. The van der Waals surface area contributed by atoms with Gasteiger partial charge in [0.05, 0.1) is 5.56 Å². The highest BCUT2D eigenvalue weighted by atomic mass is 79.9. The Kier molecular flexibility index (Phi) is 5.06. The summed E-state index contributed by atoms with van der Waals surface area (Å²) >= 11 is 2.96. The standard InChI is InChI=1S/C16H15BrF3N/c1-21-15(9-11-5-3-2-4-6-11)12-7-8-14(17)13(10-12)16(18,19)20/h2-8,10,15,21H,9H2,1H3.